The lowest BCUT2D eigenvalue weighted by molar-refractivity contribution is -0.132. The van der Waals surface area contributed by atoms with Gasteiger partial charge < -0.3 is 14.7 Å². The molecule has 0 aromatic heterocycles. The van der Waals surface area contributed by atoms with Gasteiger partial charge in [0.2, 0.25) is 0 Å². The Balaban J connectivity index is 1.89. The fourth-order valence-electron chi connectivity index (χ4n) is 3.88. The molecule has 1 heterocycles. The van der Waals surface area contributed by atoms with E-state index in [1.54, 1.807) is 67.8 Å². The molecule has 7 heteroatoms. The molecule has 1 fully saturated rings. The molecule has 0 bridgehead atoms. The number of anilines is 2. The number of rotatable bonds is 5. The fraction of sp³-hybridized carbons (Fsp3) is 0.154. The summed E-state index contributed by atoms with van der Waals surface area (Å²) < 4.78 is 5.25. The Hall–Kier alpha value is -3.77. The number of benzene rings is 3. The van der Waals surface area contributed by atoms with Gasteiger partial charge in [-0.1, -0.05) is 23.7 Å². The summed E-state index contributed by atoms with van der Waals surface area (Å²) in [6.45, 7) is 0. The van der Waals surface area contributed by atoms with Crippen molar-refractivity contribution in [3.8, 4) is 5.75 Å². The van der Waals surface area contributed by atoms with E-state index in [1.165, 1.54) is 4.90 Å². The molecule has 1 aliphatic rings. The van der Waals surface area contributed by atoms with E-state index < -0.39 is 17.7 Å². The van der Waals surface area contributed by atoms with Crippen LogP contribution in [-0.4, -0.2) is 38.0 Å². The van der Waals surface area contributed by atoms with Crippen molar-refractivity contribution in [2.24, 2.45) is 0 Å². The monoisotopic (exact) mass is 462 g/mol. The lowest BCUT2D eigenvalue weighted by atomic mass is 9.95. The molecule has 4 rings (SSSR count). The number of methoxy groups -OCH3 is 1. The molecule has 1 atom stereocenters. The van der Waals surface area contributed by atoms with Crippen molar-refractivity contribution in [2.45, 2.75) is 6.04 Å². The van der Waals surface area contributed by atoms with E-state index in [0.717, 1.165) is 5.69 Å². The van der Waals surface area contributed by atoms with Crippen LogP contribution in [0.1, 0.15) is 17.2 Å². The largest absolute Gasteiger partial charge is 0.507 e. The van der Waals surface area contributed by atoms with Gasteiger partial charge in [-0.05, 0) is 66.2 Å². The average molecular weight is 463 g/mol. The Labute approximate surface area is 197 Å². The zero-order chi connectivity index (χ0) is 23.7. The highest BCUT2D eigenvalue weighted by Crippen LogP contribution is 2.42. The van der Waals surface area contributed by atoms with Crippen LogP contribution in [0.5, 0.6) is 5.75 Å². The van der Waals surface area contributed by atoms with Gasteiger partial charge in [-0.15, -0.1) is 0 Å². The molecular weight excluding hydrogens is 440 g/mol. The third kappa shape index (κ3) is 4.17. The first kappa shape index (κ1) is 22.4. The minimum Gasteiger partial charge on any atom is -0.507 e. The molecule has 3 aromatic carbocycles. The lowest BCUT2D eigenvalue weighted by Gasteiger charge is -2.26. The fourth-order valence-corrected chi connectivity index (χ4v) is 4.00. The van der Waals surface area contributed by atoms with Crippen molar-refractivity contribution in [3.05, 3.63) is 94.5 Å². The van der Waals surface area contributed by atoms with Crippen LogP contribution in [0.3, 0.4) is 0 Å². The maximum Gasteiger partial charge on any atom is 0.300 e. The van der Waals surface area contributed by atoms with E-state index in [0.29, 0.717) is 27.6 Å². The summed E-state index contributed by atoms with van der Waals surface area (Å²) in [4.78, 5) is 29.8. The summed E-state index contributed by atoms with van der Waals surface area (Å²) in [6.07, 6.45) is 0. The molecule has 0 saturated carbocycles. The highest BCUT2D eigenvalue weighted by Gasteiger charge is 2.47. The third-order valence-electron chi connectivity index (χ3n) is 5.64. The second-order valence-electron chi connectivity index (χ2n) is 7.86. The molecule has 1 N–H and O–H groups in total. The number of hydrogen-bond acceptors (Lipinski definition) is 5. The number of carbonyl (C=O) groups is 2. The predicted molar refractivity (Wildman–Crippen MR) is 130 cm³/mol. The Morgan fingerprint density at radius 3 is 2.09 bits per heavy atom. The van der Waals surface area contributed by atoms with Crippen molar-refractivity contribution in [1.82, 2.24) is 0 Å². The van der Waals surface area contributed by atoms with Gasteiger partial charge in [0.25, 0.3) is 11.7 Å². The Kier molecular flexibility index (Phi) is 6.11. The molecule has 1 aliphatic heterocycles. The standard InChI is InChI=1S/C26H23ClN2O4/c1-28(2)19-10-12-20(13-11-19)29-23(16-6-14-21(33-3)15-7-16)22(25(31)26(29)32)24(30)17-4-8-18(27)9-5-17/h4-15,23,30H,1-3H3/b24-22+/t23-/m0/s1. The van der Waals surface area contributed by atoms with E-state index in [-0.39, 0.29) is 11.3 Å². The topological polar surface area (TPSA) is 70.1 Å². The van der Waals surface area contributed by atoms with Crippen molar-refractivity contribution in [3.63, 3.8) is 0 Å². The van der Waals surface area contributed by atoms with Crippen molar-refractivity contribution in [2.75, 3.05) is 31.0 Å². The Morgan fingerprint density at radius 2 is 1.55 bits per heavy atom. The number of carbonyl (C=O) groups excluding carboxylic acids is 2. The van der Waals surface area contributed by atoms with Crippen LogP contribution in [0.2, 0.25) is 5.02 Å². The molecule has 33 heavy (non-hydrogen) atoms. The summed E-state index contributed by atoms with van der Waals surface area (Å²) in [5.41, 5.74) is 2.60. The lowest BCUT2D eigenvalue weighted by Crippen LogP contribution is -2.29. The maximum atomic E-state index is 13.2. The number of aliphatic hydroxyl groups excluding tert-OH is 1. The first-order chi connectivity index (χ1) is 15.8. The van der Waals surface area contributed by atoms with Crippen LogP contribution >= 0.6 is 11.6 Å². The van der Waals surface area contributed by atoms with Crippen LogP contribution in [0, 0.1) is 0 Å². The highest BCUT2D eigenvalue weighted by atomic mass is 35.5. The molecule has 168 valence electrons. The van der Waals surface area contributed by atoms with E-state index >= 15 is 0 Å². The number of Topliss-reactive ketones (excluding diaryl/α,β-unsaturated/α-hetero) is 1. The number of aliphatic hydroxyl groups is 1. The van der Waals surface area contributed by atoms with E-state index in [9.17, 15) is 14.7 Å². The van der Waals surface area contributed by atoms with Crippen LogP contribution in [-0.2, 0) is 9.59 Å². The van der Waals surface area contributed by atoms with Gasteiger partial charge in [0.1, 0.15) is 11.5 Å². The number of amides is 1. The minimum absolute atomic E-state index is 0.0178. The second kappa shape index (κ2) is 9.00. The zero-order valence-corrected chi connectivity index (χ0v) is 19.2. The number of nitrogens with zero attached hydrogens (tertiary/aromatic N) is 2. The van der Waals surface area contributed by atoms with E-state index in [1.807, 2.05) is 31.1 Å². The van der Waals surface area contributed by atoms with E-state index in [2.05, 4.69) is 0 Å². The highest BCUT2D eigenvalue weighted by molar-refractivity contribution is 6.51. The molecule has 0 aliphatic carbocycles. The summed E-state index contributed by atoms with van der Waals surface area (Å²) in [5.74, 6) is -1.06. The number of ketones is 1. The van der Waals surface area contributed by atoms with Gasteiger partial charge in [-0.25, -0.2) is 0 Å². The van der Waals surface area contributed by atoms with Crippen LogP contribution in [0.4, 0.5) is 11.4 Å². The predicted octanol–water partition coefficient (Wildman–Crippen LogP) is 5.04. The SMILES string of the molecule is COc1ccc([C@H]2/C(=C(\O)c3ccc(Cl)cc3)C(=O)C(=O)N2c2ccc(N(C)C)cc2)cc1. The zero-order valence-electron chi connectivity index (χ0n) is 18.4. The quantitative estimate of drug-likeness (QED) is 0.327. The minimum atomic E-state index is -0.809. The maximum absolute atomic E-state index is 13.2. The molecular formula is C26H23ClN2O4. The van der Waals surface area contributed by atoms with Gasteiger partial charge in [0.05, 0.1) is 18.7 Å². The van der Waals surface area contributed by atoms with Crippen molar-refractivity contribution in [1.29, 1.82) is 0 Å². The van der Waals surface area contributed by atoms with Crippen LogP contribution in [0.25, 0.3) is 5.76 Å². The molecule has 0 radical (unpaired) electrons. The Morgan fingerprint density at radius 1 is 0.939 bits per heavy atom. The van der Waals surface area contributed by atoms with Crippen molar-refractivity contribution >= 4 is 40.4 Å². The van der Waals surface area contributed by atoms with Crippen LogP contribution in [0.15, 0.2) is 78.4 Å². The van der Waals surface area contributed by atoms with Gasteiger partial charge in [0.15, 0.2) is 0 Å². The molecule has 0 unspecified atom stereocenters. The van der Waals surface area contributed by atoms with Gasteiger partial charge in [-0.2, -0.15) is 0 Å². The van der Waals surface area contributed by atoms with E-state index in [4.69, 9.17) is 16.3 Å². The van der Waals surface area contributed by atoms with Gasteiger partial charge in [0, 0.05) is 36.1 Å². The van der Waals surface area contributed by atoms with Crippen molar-refractivity contribution < 1.29 is 19.4 Å². The summed E-state index contributed by atoms with van der Waals surface area (Å²) in [7, 11) is 5.41. The molecule has 1 saturated heterocycles. The average Bonchev–Trinajstić information content (AvgIpc) is 3.09. The number of halogens is 1. The Bertz CT molecular complexity index is 1220. The summed E-state index contributed by atoms with van der Waals surface area (Å²) in [6, 6.07) is 20.1. The third-order valence-corrected chi connectivity index (χ3v) is 5.89. The molecule has 1 amide bonds. The van der Waals surface area contributed by atoms with Gasteiger partial charge in [-0.3, -0.25) is 14.5 Å². The van der Waals surface area contributed by atoms with Gasteiger partial charge >= 0.3 is 0 Å². The second-order valence-corrected chi connectivity index (χ2v) is 8.30. The molecule has 3 aromatic rings. The first-order valence-corrected chi connectivity index (χ1v) is 10.7. The first-order valence-electron chi connectivity index (χ1n) is 10.3. The summed E-state index contributed by atoms with van der Waals surface area (Å²) >= 11 is 5.98. The molecule has 0 spiro atoms. The summed E-state index contributed by atoms with van der Waals surface area (Å²) in [5, 5.41) is 11.6. The number of hydrogen-bond donors (Lipinski definition) is 1. The van der Waals surface area contributed by atoms with Crippen LogP contribution < -0.4 is 14.5 Å². The normalized spacial score (nSPS) is 17.3. The number of ether oxygens (including phenoxy) is 1. The smallest absolute Gasteiger partial charge is 0.300 e. The molecule has 6 nitrogen and oxygen atoms in total.